The molecule has 2 amide bonds. The maximum Gasteiger partial charge on any atom is 0.325 e. The highest BCUT2D eigenvalue weighted by Gasteiger charge is 2.22. The normalized spacial score (nSPS) is 9.81. The lowest BCUT2D eigenvalue weighted by Crippen LogP contribution is -2.44. The molecule has 1 aromatic rings. The van der Waals surface area contributed by atoms with Crippen molar-refractivity contribution in [2.45, 2.75) is 6.42 Å². The number of rotatable bonds is 6. The Kier molecular flexibility index (Phi) is 6.19. The second-order valence-electron chi connectivity index (χ2n) is 4.35. The average Bonchev–Trinajstić information content (AvgIpc) is 2.47. The minimum Gasteiger partial charge on any atom is -0.481 e. The summed E-state index contributed by atoms with van der Waals surface area (Å²) in [5.41, 5.74) is 0.570. The molecule has 0 aromatic heterocycles. The molecule has 7 heteroatoms. The molecule has 0 aliphatic heterocycles. The van der Waals surface area contributed by atoms with Gasteiger partial charge in [0.2, 0.25) is 0 Å². The first kappa shape index (κ1) is 16.5. The van der Waals surface area contributed by atoms with E-state index < -0.39 is 18.0 Å². The van der Waals surface area contributed by atoms with Gasteiger partial charge in [0.1, 0.15) is 6.54 Å². The number of hydrogen-bond donors (Lipinski definition) is 1. The van der Waals surface area contributed by atoms with E-state index in [1.54, 1.807) is 30.3 Å². The molecule has 0 fully saturated rings. The van der Waals surface area contributed by atoms with E-state index in [-0.39, 0.29) is 19.5 Å². The number of urea groups is 1. The van der Waals surface area contributed by atoms with Gasteiger partial charge in [-0.2, -0.15) is 0 Å². The van der Waals surface area contributed by atoms with Crippen molar-refractivity contribution in [2.75, 3.05) is 32.1 Å². The van der Waals surface area contributed by atoms with Crippen LogP contribution in [0.15, 0.2) is 30.3 Å². The number of hydrogen-bond acceptors (Lipinski definition) is 4. The summed E-state index contributed by atoms with van der Waals surface area (Å²) in [5.74, 6) is -1.54. The van der Waals surface area contributed by atoms with Crippen molar-refractivity contribution >= 4 is 23.7 Å². The number of esters is 1. The Balaban J connectivity index is 2.87. The van der Waals surface area contributed by atoms with Crippen molar-refractivity contribution in [2.24, 2.45) is 0 Å². The number of amides is 2. The number of nitrogens with zero attached hydrogens (tertiary/aromatic N) is 2. The zero-order valence-electron chi connectivity index (χ0n) is 12.0. The Labute approximate surface area is 122 Å². The van der Waals surface area contributed by atoms with E-state index in [1.165, 1.54) is 24.0 Å². The van der Waals surface area contributed by atoms with Crippen LogP contribution in [0.1, 0.15) is 6.42 Å². The molecule has 0 aliphatic rings. The first-order valence-electron chi connectivity index (χ1n) is 6.32. The van der Waals surface area contributed by atoms with Gasteiger partial charge in [-0.3, -0.25) is 14.5 Å². The topological polar surface area (TPSA) is 87.2 Å². The van der Waals surface area contributed by atoms with Crippen molar-refractivity contribution in [3.63, 3.8) is 0 Å². The van der Waals surface area contributed by atoms with Gasteiger partial charge in [0.15, 0.2) is 0 Å². The largest absolute Gasteiger partial charge is 0.481 e. The van der Waals surface area contributed by atoms with E-state index >= 15 is 0 Å². The van der Waals surface area contributed by atoms with Gasteiger partial charge in [-0.05, 0) is 12.1 Å². The summed E-state index contributed by atoms with van der Waals surface area (Å²) >= 11 is 0. The van der Waals surface area contributed by atoms with Gasteiger partial charge in [0.25, 0.3) is 0 Å². The third kappa shape index (κ3) is 5.13. The molecule has 1 N–H and O–H groups in total. The van der Waals surface area contributed by atoms with Crippen molar-refractivity contribution in [1.82, 2.24) is 4.90 Å². The molecule has 0 saturated carbocycles. The fourth-order valence-corrected chi connectivity index (χ4v) is 1.68. The molecule has 21 heavy (non-hydrogen) atoms. The molecular weight excluding hydrogens is 276 g/mol. The van der Waals surface area contributed by atoms with Gasteiger partial charge >= 0.3 is 18.0 Å². The zero-order chi connectivity index (χ0) is 15.8. The van der Waals surface area contributed by atoms with Crippen LogP contribution in [0.4, 0.5) is 10.5 Å². The molecular formula is C14H18N2O5. The lowest BCUT2D eigenvalue weighted by Gasteiger charge is -2.27. The summed E-state index contributed by atoms with van der Waals surface area (Å²) in [4.78, 5) is 36.8. The number of methoxy groups -OCH3 is 1. The number of benzene rings is 1. The predicted molar refractivity (Wildman–Crippen MR) is 76.1 cm³/mol. The Morgan fingerprint density at radius 3 is 2.33 bits per heavy atom. The monoisotopic (exact) mass is 294 g/mol. The van der Waals surface area contributed by atoms with E-state index in [4.69, 9.17) is 5.11 Å². The summed E-state index contributed by atoms with van der Waals surface area (Å²) in [7, 11) is 2.69. The van der Waals surface area contributed by atoms with Gasteiger partial charge in [0, 0.05) is 19.3 Å². The van der Waals surface area contributed by atoms with Crippen LogP contribution in [0.5, 0.6) is 0 Å². The van der Waals surface area contributed by atoms with E-state index in [0.29, 0.717) is 5.69 Å². The highest BCUT2D eigenvalue weighted by atomic mass is 16.5. The summed E-state index contributed by atoms with van der Waals surface area (Å²) in [6.07, 6.45) is -0.188. The van der Waals surface area contributed by atoms with E-state index in [1.807, 2.05) is 0 Å². The summed E-state index contributed by atoms with van der Waals surface area (Å²) in [6, 6.07) is 8.22. The third-order valence-corrected chi connectivity index (χ3v) is 2.77. The van der Waals surface area contributed by atoms with Crippen LogP contribution in [0.2, 0.25) is 0 Å². The molecule has 0 unspecified atom stereocenters. The molecule has 114 valence electrons. The number of ether oxygens (including phenoxy) is 1. The second kappa shape index (κ2) is 7.88. The maximum atomic E-state index is 12.4. The fourth-order valence-electron chi connectivity index (χ4n) is 1.68. The van der Waals surface area contributed by atoms with Crippen LogP contribution in [-0.2, 0) is 14.3 Å². The molecule has 1 rings (SSSR count). The van der Waals surface area contributed by atoms with E-state index in [2.05, 4.69) is 4.74 Å². The van der Waals surface area contributed by atoms with Crippen molar-refractivity contribution in [3.8, 4) is 0 Å². The maximum absolute atomic E-state index is 12.4. The third-order valence-electron chi connectivity index (χ3n) is 2.77. The first-order chi connectivity index (χ1) is 9.95. The molecule has 7 nitrogen and oxygen atoms in total. The molecule has 0 heterocycles. The van der Waals surface area contributed by atoms with Crippen LogP contribution >= 0.6 is 0 Å². The highest BCUT2D eigenvalue weighted by molar-refractivity contribution is 5.94. The molecule has 1 aromatic carbocycles. The van der Waals surface area contributed by atoms with E-state index in [0.717, 1.165) is 0 Å². The quantitative estimate of drug-likeness (QED) is 0.796. The van der Waals surface area contributed by atoms with Crippen molar-refractivity contribution in [3.05, 3.63) is 30.3 Å². The Morgan fingerprint density at radius 1 is 1.19 bits per heavy atom. The number of likely N-dealkylation sites (N-methyl/N-ethyl adjacent to an activating group) is 1. The second-order valence-corrected chi connectivity index (χ2v) is 4.35. The Morgan fingerprint density at radius 2 is 1.81 bits per heavy atom. The summed E-state index contributed by atoms with van der Waals surface area (Å²) in [5, 5.41) is 8.79. The molecule has 0 bridgehead atoms. The van der Waals surface area contributed by atoms with Gasteiger partial charge < -0.3 is 14.7 Å². The Hall–Kier alpha value is -2.57. The lowest BCUT2D eigenvalue weighted by molar-refractivity contribution is -0.141. The highest BCUT2D eigenvalue weighted by Crippen LogP contribution is 2.15. The van der Waals surface area contributed by atoms with Crippen LogP contribution in [0, 0.1) is 0 Å². The number of carboxylic acid groups (broad SMARTS) is 1. The molecule has 0 saturated heterocycles. The number of para-hydroxylation sites is 1. The molecule has 0 atom stereocenters. The van der Waals surface area contributed by atoms with Crippen LogP contribution in [0.3, 0.4) is 0 Å². The van der Waals surface area contributed by atoms with Gasteiger partial charge in [-0.1, -0.05) is 18.2 Å². The molecule has 0 aliphatic carbocycles. The van der Waals surface area contributed by atoms with Crippen LogP contribution in [-0.4, -0.2) is 55.2 Å². The van der Waals surface area contributed by atoms with Gasteiger partial charge in [-0.25, -0.2) is 4.79 Å². The van der Waals surface area contributed by atoms with Crippen LogP contribution in [0.25, 0.3) is 0 Å². The van der Waals surface area contributed by atoms with Crippen LogP contribution < -0.4 is 4.90 Å². The van der Waals surface area contributed by atoms with Gasteiger partial charge in [0.05, 0.1) is 13.5 Å². The predicted octanol–water partition coefficient (Wildman–Crippen LogP) is 1.19. The number of aliphatic carboxylic acids is 1. The molecule has 0 spiro atoms. The summed E-state index contributed by atoms with van der Waals surface area (Å²) < 4.78 is 4.51. The minimum absolute atomic E-state index is 0.0176. The number of carboxylic acids is 1. The first-order valence-corrected chi connectivity index (χ1v) is 6.32. The van der Waals surface area contributed by atoms with E-state index in [9.17, 15) is 14.4 Å². The standard InChI is InChI=1S/C14H18N2O5/c1-15(10-13(19)21-2)14(20)16(9-8-12(17)18)11-6-4-3-5-7-11/h3-7H,8-10H2,1-2H3,(H,17,18). The summed E-state index contributed by atoms with van der Waals surface area (Å²) in [6.45, 7) is -0.185. The van der Waals surface area contributed by atoms with Crippen molar-refractivity contribution < 1.29 is 24.2 Å². The van der Waals surface area contributed by atoms with Crippen molar-refractivity contribution in [1.29, 1.82) is 0 Å². The number of carbonyl (C=O) groups is 3. The zero-order valence-corrected chi connectivity index (χ0v) is 12.0. The lowest BCUT2D eigenvalue weighted by atomic mass is 10.2. The average molecular weight is 294 g/mol. The molecule has 0 radical (unpaired) electrons. The fraction of sp³-hybridized carbons (Fsp3) is 0.357. The Bertz CT molecular complexity index is 503. The number of anilines is 1. The SMILES string of the molecule is COC(=O)CN(C)C(=O)N(CCC(=O)O)c1ccccc1. The minimum atomic E-state index is -1.00. The number of carbonyl (C=O) groups excluding carboxylic acids is 2. The van der Waals surface area contributed by atoms with Gasteiger partial charge in [-0.15, -0.1) is 0 Å². The smallest absolute Gasteiger partial charge is 0.325 e.